The predicted molar refractivity (Wildman–Crippen MR) is 110 cm³/mol. The van der Waals surface area contributed by atoms with Gasteiger partial charge in [0, 0.05) is 24.2 Å². The third-order valence-electron chi connectivity index (χ3n) is 4.57. The highest BCUT2D eigenvalue weighted by molar-refractivity contribution is 5.94. The van der Waals surface area contributed by atoms with Crippen LogP contribution >= 0.6 is 0 Å². The fraction of sp³-hybridized carbons (Fsp3) is 0.273. The van der Waals surface area contributed by atoms with Gasteiger partial charge in [-0.15, -0.1) is 0 Å². The lowest BCUT2D eigenvalue weighted by Gasteiger charge is -2.16. The highest BCUT2D eigenvalue weighted by Crippen LogP contribution is 2.41. The van der Waals surface area contributed by atoms with E-state index < -0.39 is 0 Å². The van der Waals surface area contributed by atoms with Gasteiger partial charge >= 0.3 is 0 Å². The highest BCUT2D eigenvalue weighted by atomic mass is 16.5. The average molecular weight is 412 g/mol. The summed E-state index contributed by atoms with van der Waals surface area (Å²) >= 11 is 0. The van der Waals surface area contributed by atoms with E-state index in [-0.39, 0.29) is 12.5 Å². The minimum Gasteiger partial charge on any atom is -0.497 e. The van der Waals surface area contributed by atoms with Crippen molar-refractivity contribution in [3.8, 4) is 34.3 Å². The second kappa shape index (κ2) is 9.21. The maximum Gasteiger partial charge on any atom is 0.254 e. The van der Waals surface area contributed by atoms with E-state index >= 15 is 0 Å². The second-order valence-electron chi connectivity index (χ2n) is 6.49. The zero-order valence-corrected chi connectivity index (χ0v) is 17.6. The molecular formula is C22H24N2O6. The Kier molecular flexibility index (Phi) is 6.46. The number of aromatic nitrogens is 1. The summed E-state index contributed by atoms with van der Waals surface area (Å²) in [5, 5.41) is 4.09. The summed E-state index contributed by atoms with van der Waals surface area (Å²) in [6.45, 7) is 0.282. The molecule has 1 amide bonds. The lowest BCUT2D eigenvalue weighted by atomic mass is 10.1. The van der Waals surface area contributed by atoms with E-state index in [9.17, 15) is 4.79 Å². The largest absolute Gasteiger partial charge is 0.497 e. The normalized spacial score (nSPS) is 10.4. The number of carbonyl (C=O) groups is 1. The maximum atomic E-state index is 12.7. The summed E-state index contributed by atoms with van der Waals surface area (Å²) in [5.41, 5.74) is 1.85. The third-order valence-corrected chi connectivity index (χ3v) is 4.57. The Morgan fingerprint density at radius 3 is 2.27 bits per heavy atom. The van der Waals surface area contributed by atoms with Crippen LogP contribution in [0, 0.1) is 0 Å². The Morgan fingerprint density at radius 1 is 0.967 bits per heavy atom. The Hall–Kier alpha value is -3.68. The molecule has 0 spiro atoms. The lowest BCUT2D eigenvalue weighted by Crippen LogP contribution is -2.26. The van der Waals surface area contributed by atoms with Crippen molar-refractivity contribution in [3.63, 3.8) is 0 Å². The molecule has 0 aliphatic carbocycles. The molecule has 0 aliphatic rings. The van der Waals surface area contributed by atoms with Gasteiger partial charge in [0.05, 0.1) is 35.0 Å². The Morgan fingerprint density at radius 2 is 1.67 bits per heavy atom. The van der Waals surface area contributed by atoms with Gasteiger partial charge in [-0.05, 0) is 30.3 Å². The maximum absolute atomic E-state index is 12.7. The van der Waals surface area contributed by atoms with Crippen molar-refractivity contribution in [1.82, 2.24) is 10.1 Å². The number of rotatable bonds is 8. The van der Waals surface area contributed by atoms with Gasteiger partial charge in [-0.25, -0.2) is 0 Å². The smallest absolute Gasteiger partial charge is 0.254 e. The van der Waals surface area contributed by atoms with E-state index in [0.29, 0.717) is 45.6 Å². The van der Waals surface area contributed by atoms with E-state index in [1.807, 2.05) is 0 Å². The summed E-state index contributed by atoms with van der Waals surface area (Å²) in [5.74, 6) is 2.51. The quantitative estimate of drug-likeness (QED) is 0.558. The Labute approximate surface area is 174 Å². The molecule has 0 fully saturated rings. The molecule has 30 heavy (non-hydrogen) atoms. The van der Waals surface area contributed by atoms with E-state index in [1.54, 1.807) is 82.9 Å². The van der Waals surface area contributed by atoms with Gasteiger partial charge in [-0.2, -0.15) is 0 Å². The van der Waals surface area contributed by atoms with Crippen LogP contribution in [-0.2, 0) is 6.54 Å². The van der Waals surface area contributed by atoms with Crippen molar-refractivity contribution in [2.75, 3.05) is 35.5 Å². The minimum atomic E-state index is -0.147. The molecule has 0 atom stereocenters. The third kappa shape index (κ3) is 4.32. The van der Waals surface area contributed by atoms with E-state index in [1.165, 1.54) is 0 Å². The lowest BCUT2D eigenvalue weighted by molar-refractivity contribution is 0.0782. The molecule has 1 aromatic heterocycles. The molecule has 0 bridgehead atoms. The molecule has 0 unspecified atom stereocenters. The molecule has 0 N–H and O–H groups in total. The monoisotopic (exact) mass is 412 g/mol. The molecule has 8 nitrogen and oxygen atoms in total. The zero-order chi connectivity index (χ0) is 21.7. The molecule has 0 saturated carbocycles. The number of nitrogens with zero attached hydrogens (tertiary/aromatic N) is 2. The number of benzene rings is 2. The van der Waals surface area contributed by atoms with E-state index in [2.05, 4.69) is 5.16 Å². The van der Waals surface area contributed by atoms with Gasteiger partial charge in [0.15, 0.2) is 17.3 Å². The standard InChI is InChI=1S/C22H24N2O6/c1-24(22(25)14-7-6-8-17(9-14)26-2)13-16-12-18(30-23-16)15-10-19(27-3)21(29-5)20(11-15)28-4/h6-12H,13H2,1-5H3. The Balaban J connectivity index is 1.80. The molecule has 8 heteroatoms. The summed E-state index contributed by atoms with van der Waals surface area (Å²) in [4.78, 5) is 14.3. The fourth-order valence-corrected chi connectivity index (χ4v) is 3.04. The van der Waals surface area contributed by atoms with Crippen molar-refractivity contribution < 1.29 is 28.3 Å². The van der Waals surface area contributed by atoms with Crippen molar-refractivity contribution in [2.24, 2.45) is 0 Å². The van der Waals surface area contributed by atoms with Crippen LogP contribution in [0.4, 0.5) is 0 Å². The number of ether oxygens (including phenoxy) is 4. The van der Waals surface area contributed by atoms with Gasteiger partial charge in [0.2, 0.25) is 5.75 Å². The van der Waals surface area contributed by atoms with Crippen molar-refractivity contribution in [1.29, 1.82) is 0 Å². The van der Waals surface area contributed by atoms with E-state index in [0.717, 1.165) is 0 Å². The van der Waals surface area contributed by atoms with Gasteiger partial charge in [0.1, 0.15) is 11.4 Å². The first-order valence-corrected chi connectivity index (χ1v) is 9.16. The summed E-state index contributed by atoms with van der Waals surface area (Å²) < 4.78 is 26.8. The molecule has 3 aromatic rings. The number of hydrogen-bond acceptors (Lipinski definition) is 7. The minimum absolute atomic E-state index is 0.147. The second-order valence-corrected chi connectivity index (χ2v) is 6.49. The van der Waals surface area contributed by atoms with Gasteiger partial charge < -0.3 is 28.4 Å². The number of carbonyl (C=O) groups excluding carboxylic acids is 1. The molecule has 1 heterocycles. The van der Waals surface area contributed by atoms with Crippen LogP contribution in [0.1, 0.15) is 16.1 Å². The molecule has 0 aliphatic heterocycles. The number of hydrogen-bond donors (Lipinski definition) is 0. The van der Waals surface area contributed by atoms with Crippen LogP contribution in [0.2, 0.25) is 0 Å². The summed E-state index contributed by atoms with van der Waals surface area (Å²) in [7, 11) is 7.91. The van der Waals surface area contributed by atoms with Crippen LogP contribution in [0.15, 0.2) is 47.0 Å². The SMILES string of the molecule is COc1cccc(C(=O)N(C)Cc2cc(-c3cc(OC)c(OC)c(OC)c3)on2)c1. The van der Waals surface area contributed by atoms with Crippen molar-refractivity contribution in [2.45, 2.75) is 6.54 Å². The molecule has 2 aromatic carbocycles. The first kappa shape index (κ1) is 21.0. The van der Waals surface area contributed by atoms with Crippen LogP contribution < -0.4 is 18.9 Å². The van der Waals surface area contributed by atoms with Crippen LogP contribution in [0.25, 0.3) is 11.3 Å². The van der Waals surface area contributed by atoms with Crippen LogP contribution in [0.5, 0.6) is 23.0 Å². The van der Waals surface area contributed by atoms with E-state index in [4.69, 9.17) is 23.5 Å². The van der Waals surface area contributed by atoms with Crippen LogP contribution in [-0.4, -0.2) is 51.5 Å². The molecule has 3 rings (SSSR count). The zero-order valence-electron chi connectivity index (χ0n) is 17.6. The van der Waals surface area contributed by atoms with Gasteiger partial charge in [-0.1, -0.05) is 11.2 Å². The first-order valence-electron chi connectivity index (χ1n) is 9.16. The summed E-state index contributed by atoms with van der Waals surface area (Å²) in [6.07, 6.45) is 0. The predicted octanol–water partition coefficient (Wildman–Crippen LogP) is 3.65. The summed E-state index contributed by atoms with van der Waals surface area (Å²) in [6, 6.07) is 12.3. The van der Waals surface area contributed by atoms with Crippen LogP contribution in [0.3, 0.4) is 0 Å². The highest BCUT2D eigenvalue weighted by Gasteiger charge is 2.18. The van der Waals surface area contributed by atoms with Crippen molar-refractivity contribution >= 4 is 5.91 Å². The van der Waals surface area contributed by atoms with Gasteiger partial charge in [0.25, 0.3) is 5.91 Å². The number of amides is 1. The molecule has 158 valence electrons. The molecule has 0 saturated heterocycles. The Bertz CT molecular complexity index is 1000. The molecular weight excluding hydrogens is 388 g/mol. The first-order chi connectivity index (χ1) is 14.5. The number of methoxy groups -OCH3 is 4. The average Bonchev–Trinajstić information content (AvgIpc) is 3.25. The van der Waals surface area contributed by atoms with Gasteiger partial charge in [-0.3, -0.25) is 4.79 Å². The van der Waals surface area contributed by atoms with Crippen molar-refractivity contribution in [3.05, 3.63) is 53.7 Å². The topological polar surface area (TPSA) is 83.3 Å². The fourth-order valence-electron chi connectivity index (χ4n) is 3.04. The molecule has 0 radical (unpaired) electrons.